The third-order valence-electron chi connectivity index (χ3n) is 2.08. The molecule has 0 aromatic carbocycles. The van der Waals surface area contributed by atoms with Crippen molar-refractivity contribution in [1.82, 2.24) is 9.97 Å². The molecule has 0 saturated heterocycles. The molecule has 7 heteroatoms. The normalized spacial score (nSPS) is 10.1. The van der Waals surface area contributed by atoms with E-state index in [1.54, 1.807) is 6.07 Å². The Labute approximate surface area is 107 Å². The molecule has 0 unspecified atom stereocenters. The van der Waals surface area contributed by atoms with Crippen molar-refractivity contribution in [1.29, 1.82) is 0 Å². The van der Waals surface area contributed by atoms with Crippen LogP contribution in [-0.4, -0.2) is 15.9 Å². The Kier molecular flexibility index (Phi) is 3.38. The first-order valence-corrected chi connectivity index (χ1v) is 5.28. The number of carbonyl (C=O) groups excluding carboxylic acids is 1. The Bertz CT molecular complexity index is 588. The van der Waals surface area contributed by atoms with Crippen molar-refractivity contribution in [3.8, 4) is 0 Å². The highest BCUT2D eigenvalue weighted by Gasteiger charge is 2.09. The van der Waals surface area contributed by atoms with Gasteiger partial charge in [0.1, 0.15) is 5.69 Å². The lowest BCUT2D eigenvalue weighted by atomic mass is 10.3. The second kappa shape index (κ2) is 4.97. The molecule has 0 aliphatic carbocycles. The van der Waals surface area contributed by atoms with Gasteiger partial charge < -0.3 is 11.1 Å². The molecule has 0 spiro atoms. The number of nitrogens with two attached hydrogens (primary N) is 1. The Morgan fingerprint density at radius 2 is 2.11 bits per heavy atom. The van der Waals surface area contributed by atoms with Crippen LogP contribution in [0.5, 0.6) is 0 Å². The molecule has 0 aliphatic rings. The molecule has 92 valence electrons. The minimum Gasteiger partial charge on any atom is -0.395 e. The summed E-state index contributed by atoms with van der Waals surface area (Å²) in [7, 11) is 0. The van der Waals surface area contributed by atoms with Crippen LogP contribution in [0.4, 0.5) is 15.8 Å². The summed E-state index contributed by atoms with van der Waals surface area (Å²) in [5, 5.41) is 2.92. The summed E-state index contributed by atoms with van der Waals surface area (Å²) in [4.78, 5) is 19.0. The maximum atomic E-state index is 12.8. The summed E-state index contributed by atoms with van der Waals surface area (Å²) in [6.45, 7) is 0. The van der Waals surface area contributed by atoms with Gasteiger partial charge in [-0.2, -0.15) is 4.39 Å². The Morgan fingerprint density at radius 1 is 1.33 bits per heavy atom. The summed E-state index contributed by atoms with van der Waals surface area (Å²) in [5.41, 5.74) is 5.66. The fourth-order valence-electron chi connectivity index (χ4n) is 1.24. The SMILES string of the molecule is Nc1cc(NC(=O)c2ccc(Cl)cn2)cnc1F. The highest BCUT2D eigenvalue weighted by Crippen LogP contribution is 2.14. The summed E-state index contributed by atoms with van der Waals surface area (Å²) in [5.74, 6) is -1.24. The first-order chi connectivity index (χ1) is 8.56. The van der Waals surface area contributed by atoms with Gasteiger partial charge in [-0.05, 0) is 18.2 Å². The molecule has 0 bridgehead atoms. The Morgan fingerprint density at radius 3 is 2.72 bits per heavy atom. The van der Waals surface area contributed by atoms with Crippen LogP contribution in [0, 0.1) is 5.95 Å². The molecular formula is C11H8ClFN4O. The van der Waals surface area contributed by atoms with Crippen LogP contribution in [0.2, 0.25) is 5.02 Å². The molecule has 3 N–H and O–H groups in total. The summed E-state index contributed by atoms with van der Waals surface area (Å²) in [6.07, 6.45) is 2.52. The molecular weight excluding hydrogens is 259 g/mol. The molecule has 5 nitrogen and oxygen atoms in total. The first-order valence-electron chi connectivity index (χ1n) is 4.90. The predicted octanol–water partition coefficient (Wildman–Crippen LogP) is 2.10. The minimum absolute atomic E-state index is 0.142. The quantitative estimate of drug-likeness (QED) is 0.816. The standard InChI is InChI=1S/C11H8ClFN4O/c12-6-1-2-9(15-4-6)11(18)17-7-3-8(14)10(13)16-5-7/h1-5H,14H2,(H,17,18). The molecule has 2 rings (SSSR count). The number of rotatable bonds is 2. The van der Waals surface area contributed by atoms with E-state index in [1.165, 1.54) is 24.5 Å². The van der Waals surface area contributed by atoms with Gasteiger partial charge in [-0.25, -0.2) is 9.97 Å². The van der Waals surface area contributed by atoms with Crippen LogP contribution < -0.4 is 11.1 Å². The second-order valence-corrected chi connectivity index (χ2v) is 3.86. The van der Waals surface area contributed by atoms with E-state index in [1.807, 2.05) is 0 Å². The highest BCUT2D eigenvalue weighted by atomic mass is 35.5. The summed E-state index contributed by atoms with van der Waals surface area (Å²) >= 11 is 5.65. The molecule has 0 radical (unpaired) electrons. The second-order valence-electron chi connectivity index (χ2n) is 3.42. The number of pyridine rings is 2. The highest BCUT2D eigenvalue weighted by molar-refractivity contribution is 6.30. The molecule has 0 fully saturated rings. The van der Waals surface area contributed by atoms with Crippen LogP contribution in [-0.2, 0) is 0 Å². The third kappa shape index (κ3) is 2.72. The van der Waals surface area contributed by atoms with Crippen LogP contribution in [0.15, 0.2) is 30.6 Å². The van der Waals surface area contributed by atoms with E-state index < -0.39 is 11.9 Å². The van der Waals surface area contributed by atoms with Gasteiger partial charge in [-0.15, -0.1) is 0 Å². The van der Waals surface area contributed by atoms with Gasteiger partial charge in [0, 0.05) is 6.20 Å². The number of hydrogen-bond acceptors (Lipinski definition) is 4. The average Bonchev–Trinajstić information content (AvgIpc) is 2.34. The number of halogens is 2. The van der Waals surface area contributed by atoms with Gasteiger partial charge >= 0.3 is 0 Å². The Hall–Kier alpha value is -2.21. The summed E-state index contributed by atoms with van der Waals surface area (Å²) < 4.78 is 12.8. The van der Waals surface area contributed by atoms with Gasteiger partial charge in [0.15, 0.2) is 0 Å². The topological polar surface area (TPSA) is 80.9 Å². The third-order valence-corrected chi connectivity index (χ3v) is 2.31. The van der Waals surface area contributed by atoms with Crippen molar-refractivity contribution in [3.63, 3.8) is 0 Å². The predicted molar refractivity (Wildman–Crippen MR) is 65.8 cm³/mol. The fourth-order valence-corrected chi connectivity index (χ4v) is 1.35. The van der Waals surface area contributed by atoms with Gasteiger partial charge in [-0.3, -0.25) is 4.79 Å². The number of carbonyl (C=O) groups is 1. The van der Waals surface area contributed by atoms with Crippen molar-refractivity contribution < 1.29 is 9.18 Å². The lowest BCUT2D eigenvalue weighted by Crippen LogP contribution is -2.14. The zero-order valence-electron chi connectivity index (χ0n) is 9.02. The number of aromatic nitrogens is 2. The number of amides is 1. The number of nitrogen functional groups attached to an aromatic ring is 1. The molecule has 2 aromatic rings. The largest absolute Gasteiger partial charge is 0.395 e. The van der Waals surface area contributed by atoms with E-state index in [0.717, 1.165) is 0 Å². The van der Waals surface area contributed by atoms with Crippen molar-refractivity contribution in [2.45, 2.75) is 0 Å². The number of nitrogens with zero attached hydrogens (tertiary/aromatic N) is 2. The van der Waals surface area contributed by atoms with E-state index in [4.69, 9.17) is 17.3 Å². The van der Waals surface area contributed by atoms with Crippen LogP contribution in [0.1, 0.15) is 10.5 Å². The van der Waals surface area contributed by atoms with E-state index in [2.05, 4.69) is 15.3 Å². The van der Waals surface area contributed by atoms with E-state index in [9.17, 15) is 9.18 Å². The number of anilines is 2. The molecule has 0 aliphatic heterocycles. The molecule has 0 atom stereocenters. The maximum absolute atomic E-state index is 12.8. The monoisotopic (exact) mass is 266 g/mol. The van der Waals surface area contributed by atoms with Crippen molar-refractivity contribution in [2.24, 2.45) is 0 Å². The number of hydrogen-bond donors (Lipinski definition) is 2. The molecule has 2 aromatic heterocycles. The molecule has 0 saturated carbocycles. The van der Waals surface area contributed by atoms with Crippen LogP contribution in [0.25, 0.3) is 0 Å². The molecule has 18 heavy (non-hydrogen) atoms. The average molecular weight is 267 g/mol. The zero-order chi connectivity index (χ0) is 13.1. The summed E-state index contributed by atoms with van der Waals surface area (Å²) in [6, 6.07) is 4.29. The van der Waals surface area contributed by atoms with Gasteiger partial charge in [0.2, 0.25) is 5.95 Å². The zero-order valence-corrected chi connectivity index (χ0v) is 9.78. The van der Waals surface area contributed by atoms with Crippen LogP contribution >= 0.6 is 11.6 Å². The van der Waals surface area contributed by atoms with Crippen molar-refractivity contribution in [3.05, 3.63) is 47.3 Å². The van der Waals surface area contributed by atoms with E-state index >= 15 is 0 Å². The Balaban J connectivity index is 2.16. The van der Waals surface area contributed by atoms with Crippen molar-refractivity contribution >= 4 is 28.9 Å². The van der Waals surface area contributed by atoms with Crippen molar-refractivity contribution in [2.75, 3.05) is 11.1 Å². The molecule has 1 amide bonds. The van der Waals surface area contributed by atoms with E-state index in [0.29, 0.717) is 5.02 Å². The lowest BCUT2D eigenvalue weighted by Gasteiger charge is -2.05. The minimum atomic E-state index is -0.780. The van der Waals surface area contributed by atoms with E-state index in [-0.39, 0.29) is 17.1 Å². The maximum Gasteiger partial charge on any atom is 0.274 e. The fraction of sp³-hybridized carbons (Fsp3) is 0. The van der Waals surface area contributed by atoms with Gasteiger partial charge in [-0.1, -0.05) is 11.6 Å². The van der Waals surface area contributed by atoms with Crippen LogP contribution in [0.3, 0.4) is 0 Å². The van der Waals surface area contributed by atoms with Gasteiger partial charge in [0.05, 0.1) is 22.6 Å². The smallest absolute Gasteiger partial charge is 0.274 e. The van der Waals surface area contributed by atoms with Gasteiger partial charge in [0.25, 0.3) is 5.91 Å². The first kappa shape index (κ1) is 12.3. The molecule has 2 heterocycles. The lowest BCUT2D eigenvalue weighted by molar-refractivity contribution is 0.102. The number of nitrogens with one attached hydrogen (secondary N) is 1.